The van der Waals surface area contributed by atoms with E-state index in [9.17, 15) is 4.79 Å². The Kier molecular flexibility index (Phi) is 1.60. The summed E-state index contributed by atoms with van der Waals surface area (Å²) in [6.45, 7) is 2.74. The van der Waals surface area contributed by atoms with Crippen LogP contribution in [0.3, 0.4) is 0 Å². The highest BCUT2D eigenvalue weighted by atomic mass is 16.2. The third-order valence-electron chi connectivity index (χ3n) is 2.86. The van der Waals surface area contributed by atoms with Crippen LogP contribution in [-0.2, 0) is 4.79 Å². The SMILES string of the molecule is O=C1[N]CCC12CCNCC2. The molecule has 2 aliphatic heterocycles. The second-order valence-electron chi connectivity index (χ2n) is 3.47. The molecule has 2 rings (SSSR count). The molecule has 0 unspecified atom stereocenters. The first-order valence-corrected chi connectivity index (χ1v) is 4.26. The highest BCUT2D eigenvalue weighted by Crippen LogP contribution is 2.36. The summed E-state index contributed by atoms with van der Waals surface area (Å²) in [6.07, 6.45) is 2.98. The van der Waals surface area contributed by atoms with E-state index in [2.05, 4.69) is 10.6 Å². The first kappa shape index (κ1) is 7.10. The van der Waals surface area contributed by atoms with Crippen molar-refractivity contribution in [3.63, 3.8) is 0 Å². The Morgan fingerprint density at radius 2 is 2.00 bits per heavy atom. The van der Waals surface area contributed by atoms with Gasteiger partial charge in [0.2, 0.25) is 5.91 Å². The van der Waals surface area contributed by atoms with Crippen molar-refractivity contribution in [2.45, 2.75) is 19.3 Å². The van der Waals surface area contributed by atoms with Crippen molar-refractivity contribution in [2.75, 3.05) is 19.6 Å². The lowest BCUT2D eigenvalue weighted by atomic mass is 9.78. The van der Waals surface area contributed by atoms with Crippen LogP contribution < -0.4 is 10.6 Å². The van der Waals surface area contributed by atoms with Gasteiger partial charge in [-0.25, -0.2) is 0 Å². The van der Waals surface area contributed by atoms with Crippen molar-refractivity contribution in [1.82, 2.24) is 10.6 Å². The lowest BCUT2D eigenvalue weighted by Gasteiger charge is -2.30. The molecule has 0 aliphatic carbocycles. The summed E-state index contributed by atoms with van der Waals surface area (Å²) in [5, 5.41) is 7.21. The van der Waals surface area contributed by atoms with E-state index in [4.69, 9.17) is 0 Å². The van der Waals surface area contributed by atoms with Gasteiger partial charge in [-0.3, -0.25) is 10.1 Å². The molecule has 1 spiro atoms. The number of rotatable bonds is 0. The quantitative estimate of drug-likeness (QED) is 0.527. The molecule has 0 aromatic rings. The minimum atomic E-state index is -0.0365. The molecule has 0 aromatic carbocycles. The standard InChI is InChI=1S/C8H13N2O/c11-7-8(3-6-10-7)1-4-9-5-2-8/h9H,1-6H2. The van der Waals surface area contributed by atoms with Gasteiger partial charge in [-0.15, -0.1) is 0 Å². The van der Waals surface area contributed by atoms with Crippen LogP contribution in [0.4, 0.5) is 0 Å². The van der Waals surface area contributed by atoms with E-state index >= 15 is 0 Å². The van der Waals surface area contributed by atoms with Gasteiger partial charge in [0.15, 0.2) is 0 Å². The molecule has 61 valence electrons. The van der Waals surface area contributed by atoms with Crippen molar-refractivity contribution in [3.8, 4) is 0 Å². The summed E-state index contributed by atoms with van der Waals surface area (Å²) >= 11 is 0. The summed E-state index contributed by atoms with van der Waals surface area (Å²) in [7, 11) is 0. The predicted octanol–water partition coefficient (Wildman–Crippen LogP) is -0.109. The zero-order valence-electron chi connectivity index (χ0n) is 6.60. The van der Waals surface area contributed by atoms with Crippen LogP contribution >= 0.6 is 0 Å². The number of hydrogen-bond acceptors (Lipinski definition) is 2. The summed E-state index contributed by atoms with van der Waals surface area (Å²) in [5.41, 5.74) is -0.0365. The Balaban J connectivity index is 2.12. The molecule has 1 N–H and O–H groups in total. The summed E-state index contributed by atoms with van der Waals surface area (Å²) in [5.74, 6) is 0.166. The fourth-order valence-corrected chi connectivity index (χ4v) is 2.02. The maximum atomic E-state index is 11.4. The molecule has 1 radical (unpaired) electrons. The van der Waals surface area contributed by atoms with Crippen LogP contribution in [0.1, 0.15) is 19.3 Å². The van der Waals surface area contributed by atoms with Gasteiger partial charge in [-0.2, -0.15) is 0 Å². The largest absolute Gasteiger partial charge is 0.317 e. The van der Waals surface area contributed by atoms with Crippen molar-refractivity contribution in [1.29, 1.82) is 0 Å². The van der Waals surface area contributed by atoms with Gasteiger partial charge in [0, 0.05) is 6.54 Å². The average Bonchev–Trinajstić information content (AvgIpc) is 2.36. The van der Waals surface area contributed by atoms with Gasteiger partial charge in [0.25, 0.3) is 0 Å². The number of piperidine rings is 1. The van der Waals surface area contributed by atoms with Gasteiger partial charge in [0.1, 0.15) is 0 Å². The minimum absolute atomic E-state index is 0.0365. The van der Waals surface area contributed by atoms with Gasteiger partial charge >= 0.3 is 0 Å². The number of carbonyl (C=O) groups excluding carboxylic acids is 1. The van der Waals surface area contributed by atoms with Gasteiger partial charge < -0.3 is 5.32 Å². The molecule has 2 heterocycles. The molecule has 0 atom stereocenters. The number of amides is 1. The van der Waals surface area contributed by atoms with E-state index in [1.54, 1.807) is 0 Å². The topological polar surface area (TPSA) is 43.2 Å². The Hall–Kier alpha value is -0.570. The molecule has 1 amide bonds. The Labute approximate surface area is 66.5 Å². The molecule has 2 saturated heterocycles. The highest BCUT2D eigenvalue weighted by molar-refractivity contribution is 5.84. The normalized spacial score (nSPS) is 28.9. The fourth-order valence-electron chi connectivity index (χ4n) is 2.02. The molecule has 3 heteroatoms. The van der Waals surface area contributed by atoms with E-state index in [0.717, 1.165) is 38.9 Å². The smallest absolute Gasteiger partial charge is 0.247 e. The van der Waals surface area contributed by atoms with Gasteiger partial charge in [-0.1, -0.05) is 0 Å². The maximum absolute atomic E-state index is 11.4. The van der Waals surface area contributed by atoms with Crippen molar-refractivity contribution in [3.05, 3.63) is 0 Å². The van der Waals surface area contributed by atoms with Gasteiger partial charge in [-0.05, 0) is 32.4 Å². The second-order valence-corrected chi connectivity index (χ2v) is 3.47. The van der Waals surface area contributed by atoms with Crippen LogP contribution in [0.5, 0.6) is 0 Å². The van der Waals surface area contributed by atoms with Crippen LogP contribution in [0.15, 0.2) is 0 Å². The maximum Gasteiger partial charge on any atom is 0.247 e. The molecule has 2 fully saturated rings. The van der Waals surface area contributed by atoms with Crippen LogP contribution in [0, 0.1) is 5.41 Å². The molecule has 2 aliphatic rings. The van der Waals surface area contributed by atoms with Crippen LogP contribution in [0.25, 0.3) is 0 Å². The van der Waals surface area contributed by atoms with Crippen LogP contribution in [-0.4, -0.2) is 25.5 Å². The first-order chi connectivity index (χ1) is 5.33. The van der Waals surface area contributed by atoms with E-state index in [-0.39, 0.29) is 11.3 Å². The number of nitrogens with one attached hydrogen (secondary N) is 1. The van der Waals surface area contributed by atoms with Gasteiger partial charge in [0.05, 0.1) is 5.41 Å². The minimum Gasteiger partial charge on any atom is -0.317 e. The van der Waals surface area contributed by atoms with Crippen molar-refractivity contribution >= 4 is 5.91 Å². The summed E-state index contributed by atoms with van der Waals surface area (Å²) < 4.78 is 0. The molecule has 3 nitrogen and oxygen atoms in total. The molecule has 11 heavy (non-hydrogen) atoms. The van der Waals surface area contributed by atoms with E-state index < -0.39 is 0 Å². The highest BCUT2D eigenvalue weighted by Gasteiger charge is 2.43. The Bertz CT molecular complexity index is 173. The zero-order valence-corrected chi connectivity index (χ0v) is 6.60. The predicted molar refractivity (Wildman–Crippen MR) is 41.2 cm³/mol. The molecular formula is C8H13N2O. The Morgan fingerprint density at radius 3 is 2.55 bits per heavy atom. The lowest BCUT2D eigenvalue weighted by molar-refractivity contribution is -0.129. The third-order valence-corrected chi connectivity index (χ3v) is 2.86. The lowest BCUT2D eigenvalue weighted by Crippen LogP contribution is -2.40. The molecule has 0 saturated carbocycles. The molecular weight excluding hydrogens is 140 g/mol. The zero-order chi connectivity index (χ0) is 7.73. The fraction of sp³-hybridized carbons (Fsp3) is 0.875. The average molecular weight is 153 g/mol. The number of hydrogen-bond donors (Lipinski definition) is 1. The monoisotopic (exact) mass is 153 g/mol. The van der Waals surface area contributed by atoms with Crippen molar-refractivity contribution < 1.29 is 4.79 Å². The van der Waals surface area contributed by atoms with E-state index in [1.807, 2.05) is 0 Å². The summed E-state index contributed by atoms with van der Waals surface area (Å²) in [4.78, 5) is 11.4. The van der Waals surface area contributed by atoms with E-state index in [0.29, 0.717) is 0 Å². The number of nitrogens with zero attached hydrogens (tertiary/aromatic N) is 1. The first-order valence-electron chi connectivity index (χ1n) is 4.26. The second kappa shape index (κ2) is 2.48. The summed E-state index contributed by atoms with van der Waals surface area (Å²) in [6, 6.07) is 0. The van der Waals surface area contributed by atoms with E-state index in [1.165, 1.54) is 0 Å². The molecule has 0 bridgehead atoms. The van der Waals surface area contributed by atoms with Crippen molar-refractivity contribution in [2.24, 2.45) is 5.41 Å². The Morgan fingerprint density at radius 1 is 1.27 bits per heavy atom. The van der Waals surface area contributed by atoms with Crippen LogP contribution in [0.2, 0.25) is 0 Å². The molecule has 0 aromatic heterocycles. The number of carbonyl (C=O) groups is 1. The third kappa shape index (κ3) is 1.03.